The van der Waals surface area contributed by atoms with Crippen molar-refractivity contribution < 1.29 is 24.2 Å². The highest BCUT2D eigenvalue weighted by molar-refractivity contribution is 5.87. The van der Waals surface area contributed by atoms with E-state index in [0.29, 0.717) is 5.69 Å². The molecule has 0 spiro atoms. The molecule has 0 aliphatic heterocycles. The van der Waals surface area contributed by atoms with Gasteiger partial charge in [-0.1, -0.05) is 30.3 Å². The molecule has 0 saturated heterocycles. The van der Waals surface area contributed by atoms with Crippen molar-refractivity contribution >= 4 is 17.7 Å². The monoisotopic (exact) mass is 340 g/mol. The summed E-state index contributed by atoms with van der Waals surface area (Å²) >= 11 is 0. The number of rotatable bonds is 6. The molecule has 0 aromatic heterocycles. The van der Waals surface area contributed by atoms with Gasteiger partial charge in [-0.15, -0.1) is 0 Å². The molecule has 2 aromatic carbocycles. The van der Waals surface area contributed by atoms with E-state index < -0.39 is 18.7 Å². The standard InChI is InChI=1S/C18H16N2O5/c1-20(18(23)25-11-13-5-3-2-4-6-13)15-7-8-16(14(9-15)10-19)24-12-17(21)22/h2-9H,11-12H2,1H3,(H,21,22). The predicted molar refractivity (Wildman–Crippen MR) is 89.3 cm³/mol. The molecule has 25 heavy (non-hydrogen) atoms. The van der Waals surface area contributed by atoms with E-state index in [9.17, 15) is 9.59 Å². The fourth-order valence-corrected chi connectivity index (χ4v) is 2.00. The van der Waals surface area contributed by atoms with Crippen LogP contribution in [-0.2, 0) is 16.1 Å². The quantitative estimate of drug-likeness (QED) is 0.868. The van der Waals surface area contributed by atoms with Gasteiger partial charge in [0.05, 0.1) is 5.56 Å². The van der Waals surface area contributed by atoms with Crippen LogP contribution in [0, 0.1) is 11.3 Å². The summed E-state index contributed by atoms with van der Waals surface area (Å²) in [4.78, 5) is 23.9. The first-order valence-electron chi connectivity index (χ1n) is 7.34. The smallest absolute Gasteiger partial charge is 0.414 e. The summed E-state index contributed by atoms with van der Waals surface area (Å²) < 4.78 is 10.3. The molecule has 0 heterocycles. The Bertz CT molecular complexity index is 799. The van der Waals surface area contributed by atoms with Gasteiger partial charge in [-0.3, -0.25) is 4.90 Å². The summed E-state index contributed by atoms with van der Waals surface area (Å²) in [6.45, 7) is -0.419. The number of hydrogen-bond acceptors (Lipinski definition) is 5. The van der Waals surface area contributed by atoms with Gasteiger partial charge >= 0.3 is 12.1 Å². The Labute approximate surface area is 144 Å². The van der Waals surface area contributed by atoms with E-state index in [1.165, 1.54) is 24.1 Å². The van der Waals surface area contributed by atoms with E-state index in [1.54, 1.807) is 6.07 Å². The minimum Gasteiger partial charge on any atom is -0.481 e. The first kappa shape index (κ1) is 17.8. The van der Waals surface area contributed by atoms with Gasteiger partial charge in [0.15, 0.2) is 6.61 Å². The lowest BCUT2D eigenvalue weighted by molar-refractivity contribution is -0.139. The van der Waals surface area contributed by atoms with Crippen molar-refractivity contribution in [1.82, 2.24) is 0 Å². The highest BCUT2D eigenvalue weighted by Gasteiger charge is 2.15. The summed E-state index contributed by atoms with van der Waals surface area (Å²) in [7, 11) is 1.52. The number of nitriles is 1. The van der Waals surface area contributed by atoms with Crippen LogP contribution in [0.4, 0.5) is 10.5 Å². The van der Waals surface area contributed by atoms with Gasteiger partial charge in [0.1, 0.15) is 18.4 Å². The second-order valence-electron chi connectivity index (χ2n) is 5.07. The first-order chi connectivity index (χ1) is 12.0. The Balaban J connectivity index is 2.05. The van der Waals surface area contributed by atoms with Crippen molar-refractivity contribution in [2.45, 2.75) is 6.61 Å². The van der Waals surface area contributed by atoms with Crippen molar-refractivity contribution in [1.29, 1.82) is 5.26 Å². The van der Waals surface area contributed by atoms with Gasteiger partial charge in [0.2, 0.25) is 0 Å². The molecule has 0 unspecified atom stereocenters. The normalized spacial score (nSPS) is 9.76. The zero-order valence-corrected chi connectivity index (χ0v) is 13.5. The van der Waals surface area contributed by atoms with E-state index in [2.05, 4.69) is 0 Å². The molecular formula is C18H16N2O5. The Morgan fingerprint density at radius 1 is 1.20 bits per heavy atom. The van der Waals surface area contributed by atoms with Crippen molar-refractivity contribution in [2.24, 2.45) is 0 Å². The van der Waals surface area contributed by atoms with Gasteiger partial charge in [-0.2, -0.15) is 5.26 Å². The zero-order chi connectivity index (χ0) is 18.2. The van der Waals surface area contributed by atoms with Crippen LogP contribution in [-0.4, -0.2) is 30.8 Å². The van der Waals surface area contributed by atoms with Crippen LogP contribution in [0.25, 0.3) is 0 Å². The van der Waals surface area contributed by atoms with Crippen LogP contribution >= 0.6 is 0 Å². The number of hydrogen-bond donors (Lipinski definition) is 1. The molecule has 0 atom stereocenters. The zero-order valence-electron chi connectivity index (χ0n) is 13.5. The summed E-state index contributed by atoms with van der Waals surface area (Å²) in [6, 6.07) is 15.6. The van der Waals surface area contributed by atoms with Crippen LogP contribution in [0.5, 0.6) is 5.75 Å². The number of ether oxygens (including phenoxy) is 2. The Morgan fingerprint density at radius 2 is 1.92 bits per heavy atom. The molecule has 2 rings (SSSR count). The fraction of sp³-hybridized carbons (Fsp3) is 0.167. The Morgan fingerprint density at radius 3 is 2.56 bits per heavy atom. The van der Waals surface area contributed by atoms with Gasteiger partial charge < -0.3 is 14.6 Å². The summed E-state index contributed by atoms with van der Waals surface area (Å²) in [5.74, 6) is -1.01. The lowest BCUT2D eigenvalue weighted by Crippen LogP contribution is -2.27. The number of carboxylic acids is 1. The molecule has 128 valence electrons. The highest BCUT2D eigenvalue weighted by Crippen LogP contribution is 2.24. The first-order valence-corrected chi connectivity index (χ1v) is 7.34. The average molecular weight is 340 g/mol. The minimum absolute atomic E-state index is 0.126. The van der Waals surface area contributed by atoms with E-state index in [-0.39, 0.29) is 17.9 Å². The third kappa shape index (κ3) is 4.97. The van der Waals surface area contributed by atoms with Crippen molar-refractivity contribution in [3.05, 3.63) is 59.7 Å². The largest absolute Gasteiger partial charge is 0.481 e. The number of anilines is 1. The predicted octanol–water partition coefficient (Wildman–Crippen LogP) is 2.79. The number of aliphatic carboxylic acids is 1. The van der Waals surface area contributed by atoms with E-state index >= 15 is 0 Å². The lowest BCUT2D eigenvalue weighted by Gasteiger charge is -2.18. The highest BCUT2D eigenvalue weighted by atomic mass is 16.6. The maximum Gasteiger partial charge on any atom is 0.414 e. The van der Waals surface area contributed by atoms with Crippen LogP contribution in [0.3, 0.4) is 0 Å². The van der Waals surface area contributed by atoms with Crippen LogP contribution < -0.4 is 9.64 Å². The fourth-order valence-electron chi connectivity index (χ4n) is 2.00. The SMILES string of the molecule is CN(C(=O)OCc1ccccc1)c1ccc(OCC(=O)O)c(C#N)c1. The van der Waals surface area contributed by atoms with Gasteiger partial charge in [0.25, 0.3) is 0 Å². The molecule has 1 N–H and O–H groups in total. The molecule has 1 amide bonds. The summed E-state index contributed by atoms with van der Waals surface area (Å²) in [5, 5.41) is 17.8. The average Bonchev–Trinajstić information content (AvgIpc) is 2.64. The van der Waals surface area contributed by atoms with Gasteiger partial charge in [0, 0.05) is 12.7 Å². The van der Waals surface area contributed by atoms with Crippen molar-refractivity contribution in [2.75, 3.05) is 18.6 Å². The van der Waals surface area contributed by atoms with Crippen LogP contribution in [0.2, 0.25) is 0 Å². The molecule has 7 nitrogen and oxygen atoms in total. The molecule has 2 aromatic rings. The number of nitrogens with zero attached hydrogens (tertiary/aromatic N) is 2. The summed E-state index contributed by atoms with van der Waals surface area (Å²) in [6.07, 6.45) is -0.577. The molecule has 0 aliphatic carbocycles. The molecule has 7 heteroatoms. The molecule has 0 fully saturated rings. The molecule has 0 saturated carbocycles. The second kappa shape index (κ2) is 8.36. The molecule has 0 radical (unpaired) electrons. The van der Waals surface area contributed by atoms with E-state index in [1.807, 2.05) is 36.4 Å². The van der Waals surface area contributed by atoms with Crippen molar-refractivity contribution in [3.8, 4) is 11.8 Å². The number of carboxylic acid groups (broad SMARTS) is 1. The van der Waals surface area contributed by atoms with Crippen LogP contribution in [0.15, 0.2) is 48.5 Å². The number of carbonyl (C=O) groups excluding carboxylic acids is 1. The maximum atomic E-state index is 12.1. The molecule has 0 aliphatic rings. The van der Waals surface area contributed by atoms with Gasteiger partial charge in [-0.05, 0) is 23.8 Å². The van der Waals surface area contributed by atoms with Crippen LogP contribution in [0.1, 0.15) is 11.1 Å². The van der Waals surface area contributed by atoms with E-state index in [4.69, 9.17) is 19.8 Å². The van der Waals surface area contributed by atoms with Crippen molar-refractivity contribution in [3.63, 3.8) is 0 Å². The number of carbonyl (C=O) groups is 2. The molecule has 0 bridgehead atoms. The third-order valence-electron chi connectivity index (χ3n) is 3.30. The Kier molecular flexibility index (Phi) is 5.96. The second-order valence-corrected chi connectivity index (χ2v) is 5.07. The topological polar surface area (TPSA) is 99.9 Å². The lowest BCUT2D eigenvalue weighted by atomic mass is 10.2. The summed E-state index contributed by atoms with van der Waals surface area (Å²) in [5.41, 5.74) is 1.41. The number of benzene rings is 2. The third-order valence-corrected chi connectivity index (χ3v) is 3.30. The minimum atomic E-state index is -1.14. The molecular weight excluding hydrogens is 324 g/mol. The van der Waals surface area contributed by atoms with Gasteiger partial charge in [-0.25, -0.2) is 9.59 Å². The van der Waals surface area contributed by atoms with E-state index in [0.717, 1.165) is 5.56 Å². The Hall–Kier alpha value is -3.53. The maximum absolute atomic E-state index is 12.1. The number of amides is 1.